The number of rotatable bonds is 8. The second-order valence-electron chi connectivity index (χ2n) is 4.14. The summed E-state index contributed by atoms with van der Waals surface area (Å²) in [5.74, 6) is 5.85. The molecule has 2 heterocycles. The molecule has 2 rings (SSSR count). The third kappa shape index (κ3) is 3.85. The van der Waals surface area contributed by atoms with Gasteiger partial charge in [0.05, 0.1) is 6.61 Å². The van der Waals surface area contributed by atoms with E-state index in [1.807, 2.05) is 0 Å². The molecule has 3 N–H and O–H groups in total. The van der Waals surface area contributed by atoms with Gasteiger partial charge in [-0.15, -0.1) is 0 Å². The van der Waals surface area contributed by atoms with Gasteiger partial charge in [-0.1, -0.05) is 26.2 Å². The zero-order valence-electron chi connectivity index (χ0n) is 11.4. The topological polar surface area (TPSA) is 117 Å². The minimum Gasteiger partial charge on any atom is -0.463 e. The molecule has 0 radical (unpaired) electrons. The van der Waals surface area contributed by atoms with E-state index < -0.39 is 0 Å². The van der Waals surface area contributed by atoms with Crippen molar-refractivity contribution in [2.24, 2.45) is 5.84 Å². The number of nitrogens with one attached hydrogen (secondary N) is 1. The van der Waals surface area contributed by atoms with Gasteiger partial charge in [-0.25, -0.2) is 10.8 Å². The van der Waals surface area contributed by atoms with Crippen LogP contribution in [-0.4, -0.2) is 36.3 Å². The van der Waals surface area contributed by atoms with Gasteiger partial charge in [-0.3, -0.25) is 5.43 Å². The molecule has 0 spiro atoms. The van der Waals surface area contributed by atoms with Crippen molar-refractivity contribution in [1.29, 1.82) is 0 Å². The molecule has 0 bridgehead atoms. The Morgan fingerprint density at radius 2 is 2.15 bits per heavy atom. The molecule has 0 aliphatic rings. The highest BCUT2D eigenvalue weighted by Crippen LogP contribution is 2.10. The molecule has 9 nitrogen and oxygen atoms in total. The van der Waals surface area contributed by atoms with Crippen LogP contribution in [0.25, 0.3) is 5.95 Å². The number of hydrogen-bond donors (Lipinski definition) is 2. The van der Waals surface area contributed by atoms with Crippen molar-refractivity contribution in [3.63, 3.8) is 0 Å². The molecule has 0 saturated carbocycles. The van der Waals surface area contributed by atoms with Gasteiger partial charge in [-0.05, 0) is 6.42 Å². The van der Waals surface area contributed by atoms with Crippen LogP contribution in [0.15, 0.2) is 12.7 Å². The molecular formula is C11H18N8O. The zero-order valence-corrected chi connectivity index (χ0v) is 11.4. The third-order valence-electron chi connectivity index (χ3n) is 2.58. The van der Waals surface area contributed by atoms with Crippen molar-refractivity contribution in [3.05, 3.63) is 12.7 Å². The maximum Gasteiger partial charge on any atom is 0.323 e. The predicted octanol–water partition coefficient (Wildman–Crippen LogP) is 0.697. The lowest BCUT2D eigenvalue weighted by Gasteiger charge is -2.07. The third-order valence-corrected chi connectivity index (χ3v) is 2.58. The molecule has 20 heavy (non-hydrogen) atoms. The van der Waals surface area contributed by atoms with E-state index >= 15 is 0 Å². The van der Waals surface area contributed by atoms with E-state index in [0.717, 1.165) is 12.8 Å². The van der Waals surface area contributed by atoms with Gasteiger partial charge in [0, 0.05) is 0 Å². The maximum absolute atomic E-state index is 5.51. The Hall–Kier alpha value is -2.29. The summed E-state index contributed by atoms with van der Waals surface area (Å²) in [6.07, 6.45) is 7.35. The molecule has 0 amide bonds. The number of unbranched alkanes of at least 4 members (excludes halogenated alkanes) is 3. The largest absolute Gasteiger partial charge is 0.463 e. The van der Waals surface area contributed by atoms with Crippen LogP contribution in [0.4, 0.5) is 5.95 Å². The molecule has 0 aliphatic carbocycles. The van der Waals surface area contributed by atoms with Crippen LogP contribution in [0.2, 0.25) is 0 Å². The number of hydrogen-bond acceptors (Lipinski definition) is 8. The van der Waals surface area contributed by atoms with Crippen molar-refractivity contribution >= 4 is 5.95 Å². The van der Waals surface area contributed by atoms with Gasteiger partial charge in [-0.2, -0.15) is 24.7 Å². The average Bonchev–Trinajstić information content (AvgIpc) is 3.01. The standard InChI is InChI=1S/C11H18N8O/c1-2-3-4-5-6-20-11-16-9(18-12)15-10(17-11)19-8-13-7-14-19/h7-8H,2-6,12H2,1H3,(H,15,16,17,18). The highest BCUT2D eigenvalue weighted by Gasteiger charge is 2.09. The number of anilines is 1. The van der Waals surface area contributed by atoms with Gasteiger partial charge in [0.25, 0.3) is 5.95 Å². The van der Waals surface area contributed by atoms with Crippen molar-refractivity contribution in [2.75, 3.05) is 12.0 Å². The van der Waals surface area contributed by atoms with E-state index in [9.17, 15) is 0 Å². The smallest absolute Gasteiger partial charge is 0.323 e. The summed E-state index contributed by atoms with van der Waals surface area (Å²) in [6.45, 7) is 2.72. The van der Waals surface area contributed by atoms with E-state index in [1.165, 1.54) is 30.2 Å². The molecule has 2 aromatic heterocycles. The van der Waals surface area contributed by atoms with E-state index in [-0.39, 0.29) is 12.0 Å². The Balaban J connectivity index is 2.03. The van der Waals surface area contributed by atoms with Crippen molar-refractivity contribution in [1.82, 2.24) is 29.7 Å². The SMILES string of the molecule is CCCCCCOc1nc(NN)nc(-n2cncn2)n1. The molecule has 108 valence electrons. The van der Waals surface area contributed by atoms with Gasteiger partial charge in [0.1, 0.15) is 12.7 Å². The van der Waals surface area contributed by atoms with Gasteiger partial charge < -0.3 is 4.74 Å². The van der Waals surface area contributed by atoms with Crippen molar-refractivity contribution < 1.29 is 4.74 Å². The first-order valence-corrected chi connectivity index (χ1v) is 6.54. The van der Waals surface area contributed by atoms with E-state index in [1.54, 1.807) is 0 Å². The van der Waals surface area contributed by atoms with Crippen LogP contribution in [0, 0.1) is 0 Å². The molecule has 2 aromatic rings. The van der Waals surface area contributed by atoms with Crippen LogP contribution in [0.3, 0.4) is 0 Å². The van der Waals surface area contributed by atoms with Crippen LogP contribution in [-0.2, 0) is 0 Å². The lowest BCUT2D eigenvalue weighted by Crippen LogP contribution is -2.15. The van der Waals surface area contributed by atoms with E-state index in [2.05, 4.69) is 37.4 Å². The van der Waals surface area contributed by atoms with Crippen molar-refractivity contribution in [2.45, 2.75) is 32.6 Å². The highest BCUT2D eigenvalue weighted by atomic mass is 16.5. The molecule has 0 aliphatic heterocycles. The van der Waals surface area contributed by atoms with Gasteiger partial charge >= 0.3 is 6.01 Å². The first-order chi connectivity index (χ1) is 9.83. The quantitative estimate of drug-likeness (QED) is 0.411. The second kappa shape index (κ2) is 7.34. The monoisotopic (exact) mass is 278 g/mol. The Morgan fingerprint density at radius 3 is 2.85 bits per heavy atom. The average molecular weight is 278 g/mol. The molecule has 9 heteroatoms. The summed E-state index contributed by atoms with van der Waals surface area (Å²) in [6, 6.07) is 0.218. The Kier molecular flexibility index (Phi) is 5.18. The fourth-order valence-electron chi connectivity index (χ4n) is 1.58. The minimum atomic E-state index is 0.217. The second-order valence-corrected chi connectivity index (χ2v) is 4.14. The first kappa shape index (κ1) is 14.1. The lowest BCUT2D eigenvalue weighted by molar-refractivity contribution is 0.280. The molecule has 0 aromatic carbocycles. The first-order valence-electron chi connectivity index (χ1n) is 6.54. The van der Waals surface area contributed by atoms with Gasteiger partial charge in [0.15, 0.2) is 0 Å². The Labute approximate surface area is 116 Å². The number of aromatic nitrogens is 6. The predicted molar refractivity (Wildman–Crippen MR) is 72.2 cm³/mol. The van der Waals surface area contributed by atoms with Gasteiger partial charge in [0.2, 0.25) is 5.95 Å². The van der Waals surface area contributed by atoms with Crippen LogP contribution in [0.5, 0.6) is 6.01 Å². The molecule has 0 unspecified atom stereocenters. The summed E-state index contributed by atoms with van der Waals surface area (Å²) in [7, 11) is 0. The Bertz CT molecular complexity index is 515. The lowest BCUT2D eigenvalue weighted by atomic mass is 10.2. The normalized spacial score (nSPS) is 10.5. The minimum absolute atomic E-state index is 0.217. The maximum atomic E-state index is 5.51. The number of nitrogens with two attached hydrogens (primary N) is 1. The van der Waals surface area contributed by atoms with E-state index in [4.69, 9.17) is 10.6 Å². The van der Waals surface area contributed by atoms with Crippen LogP contribution < -0.4 is 16.0 Å². The highest BCUT2D eigenvalue weighted by molar-refractivity contribution is 5.27. The number of ether oxygens (including phenoxy) is 1. The fraction of sp³-hybridized carbons (Fsp3) is 0.545. The molecular weight excluding hydrogens is 260 g/mol. The molecule has 0 atom stereocenters. The summed E-state index contributed by atoms with van der Waals surface area (Å²) >= 11 is 0. The summed E-state index contributed by atoms with van der Waals surface area (Å²) in [5, 5.41) is 3.95. The van der Waals surface area contributed by atoms with Crippen LogP contribution in [0.1, 0.15) is 32.6 Å². The Morgan fingerprint density at radius 1 is 1.25 bits per heavy atom. The molecule has 0 fully saturated rings. The number of hydrazine groups is 1. The zero-order chi connectivity index (χ0) is 14.2. The number of nitrogens with zero attached hydrogens (tertiary/aromatic N) is 6. The van der Waals surface area contributed by atoms with Crippen molar-refractivity contribution in [3.8, 4) is 12.0 Å². The van der Waals surface area contributed by atoms with E-state index in [0.29, 0.717) is 12.6 Å². The molecule has 0 saturated heterocycles. The fourth-order valence-corrected chi connectivity index (χ4v) is 1.58. The summed E-state index contributed by atoms with van der Waals surface area (Å²) in [5.41, 5.74) is 2.38. The summed E-state index contributed by atoms with van der Waals surface area (Å²) < 4.78 is 6.92. The van der Waals surface area contributed by atoms with Crippen LogP contribution >= 0.6 is 0 Å². The number of nitrogen functional groups attached to an aromatic ring is 1. The summed E-state index contributed by atoms with van der Waals surface area (Å²) in [4.78, 5) is 16.1.